The van der Waals surface area contributed by atoms with Crippen molar-refractivity contribution in [2.24, 2.45) is 11.8 Å². The van der Waals surface area contributed by atoms with Crippen LogP contribution < -0.4 is 0 Å². The zero-order valence-corrected chi connectivity index (χ0v) is 14.2. The number of carbonyl (C=O) groups excluding carboxylic acids is 2. The smallest absolute Gasteiger partial charge is 0.352 e. The average molecular weight is 357 g/mol. The van der Waals surface area contributed by atoms with Gasteiger partial charge in [-0.2, -0.15) is 0 Å². The second-order valence-corrected chi connectivity index (χ2v) is 7.00. The number of β-lactam (4-membered cyclic amide) rings is 1. The topological polar surface area (TPSA) is 111 Å². The minimum absolute atomic E-state index is 0.0193. The lowest BCUT2D eigenvalue weighted by atomic mass is 9.74. The predicted molar refractivity (Wildman–Crippen MR) is 88.7 cm³/mol. The summed E-state index contributed by atoms with van der Waals surface area (Å²) in [6, 6.07) is 2.92. The van der Waals surface area contributed by atoms with Crippen molar-refractivity contribution in [3.05, 3.63) is 41.4 Å². The highest BCUT2D eigenvalue weighted by Crippen LogP contribution is 2.50. The molecule has 8 nitrogen and oxygen atoms in total. The molecule has 3 aliphatic heterocycles. The van der Waals surface area contributed by atoms with Crippen molar-refractivity contribution in [2.75, 3.05) is 13.1 Å². The quantitative estimate of drug-likeness (QED) is 0.743. The first-order chi connectivity index (χ1) is 12.4. The Bertz CT molecular complexity index is 819. The zero-order valence-electron chi connectivity index (χ0n) is 14.2. The highest BCUT2D eigenvalue weighted by Gasteiger charge is 2.61. The summed E-state index contributed by atoms with van der Waals surface area (Å²) in [7, 11) is 0. The monoisotopic (exact) mass is 357 g/mol. The van der Waals surface area contributed by atoms with Crippen LogP contribution in [0.3, 0.4) is 0 Å². The molecule has 8 heteroatoms. The van der Waals surface area contributed by atoms with Crippen molar-refractivity contribution in [1.29, 1.82) is 0 Å². The Morgan fingerprint density at radius 3 is 2.62 bits per heavy atom. The molecule has 0 bridgehead atoms. The van der Waals surface area contributed by atoms with Gasteiger partial charge in [0.25, 0.3) is 5.91 Å². The fourth-order valence-corrected chi connectivity index (χ4v) is 4.46. The number of aliphatic hydroxyl groups is 1. The summed E-state index contributed by atoms with van der Waals surface area (Å²) >= 11 is 0. The van der Waals surface area contributed by atoms with E-state index in [0.717, 1.165) is 0 Å². The highest BCUT2D eigenvalue weighted by atomic mass is 16.4. The molecule has 0 saturated carbocycles. The number of aliphatic carboxylic acids is 1. The molecular weight excluding hydrogens is 338 g/mol. The highest BCUT2D eigenvalue weighted by molar-refractivity contribution is 6.00. The van der Waals surface area contributed by atoms with Crippen molar-refractivity contribution in [3.8, 4) is 0 Å². The van der Waals surface area contributed by atoms with Crippen molar-refractivity contribution >= 4 is 17.8 Å². The Morgan fingerprint density at radius 1 is 1.31 bits per heavy atom. The second-order valence-electron chi connectivity index (χ2n) is 7.00. The molecule has 2 saturated heterocycles. The molecule has 2 fully saturated rings. The molecule has 136 valence electrons. The number of hydrogen-bond acceptors (Lipinski definition) is 5. The zero-order chi connectivity index (χ0) is 18.6. The molecule has 2 N–H and O–H groups in total. The lowest BCUT2D eigenvalue weighted by Crippen LogP contribution is -2.64. The van der Waals surface area contributed by atoms with Crippen LogP contribution in [0.25, 0.3) is 0 Å². The van der Waals surface area contributed by atoms with Gasteiger partial charge in [-0.15, -0.1) is 0 Å². The Kier molecular flexibility index (Phi) is 3.80. The molecule has 1 aromatic rings. The van der Waals surface area contributed by atoms with Crippen LogP contribution >= 0.6 is 0 Å². The van der Waals surface area contributed by atoms with Gasteiger partial charge in [0, 0.05) is 37.0 Å². The lowest BCUT2D eigenvalue weighted by molar-refractivity contribution is -0.163. The minimum atomic E-state index is -1.16. The molecule has 1 aromatic heterocycles. The van der Waals surface area contributed by atoms with Crippen LogP contribution in [0.5, 0.6) is 0 Å². The summed E-state index contributed by atoms with van der Waals surface area (Å²) < 4.78 is 0. The maximum Gasteiger partial charge on any atom is 0.352 e. The van der Waals surface area contributed by atoms with Gasteiger partial charge in [0.2, 0.25) is 5.91 Å². The first-order valence-electron chi connectivity index (χ1n) is 8.58. The summed E-state index contributed by atoms with van der Waals surface area (Å²) in [5.41, 5.74) is 1.08. The molecule has 0 radical (unpaired) electrons. The molecule has 3 aliphatic rings. The van der Waals surface area contributed by atoms with Crippen molar-refractivity contribution in [3.63, 3.8) is 0 Å². The second kappa shape index (κ2) is 5.91. The molecule has 26 heavy (non-hydrogen) atoms. The van der Waals surface area contributed by atoms with Crippen molar-refractivity contribution < 1.29 is 24.6 Å². The number of fused-ring (bicyclic) bond motifs is 3. The van der Waals surface area contributed by atoms with Crippen LogP contribution in [-0.2, 0) is 9.59 Å². The molecule has 2 amide bonds. The summed E-state index contributed by atoms with van der Waals surface area (Å²) in [6.45, 7) is 2.22. The molecule has 4 rings (SSSR count). The molecule has 0 unspecified atom stereocenters. The van der Waals surface area contributed by atoms with Crippen molar-refractivity contribution in [1.82, 2.24) is 14.8 Å². The lowest BCUT2D eigenvalue weighted by Gasteiger charge is -2.47. The molecule has 0 aliphatic carbocycles. The Hall–Kier alpha value is -2.74. The summed E-state index contributed by atoms with van der Waals surface area (Å²) in [4.78, 5) is 43.6. The van der Waals surface area contributed by atoms with E-state index >= 15 is 0 Å². The molecule has 0 aromatic carbocycles. The largest absolute Gasteiger partial charge is 0.477 e. The van der Waals surface area contributed by atoms with Crippen LogP contribution in [0.2, 0.25) is 0 Å². The summed E-state index contributed by atoms with van der Waals surface area (Å²) in [5, 5.41) is 19.5. The maximum absolute atomic E-state index is 12.7. The number of carboxylic acids is 1. The number of aromatic nitrogens is 1. The fraction of sp³-hybridized carbons (Fsp3) is 0.444. The number of carbonyl (C=O) groups is 3. The van der Waals surface area contributed by atoms with Crippen LogP contribution in [0.15, 0.2) is 35.8 Å². The average Bonchev–Trinajstić information content (AvgIpc) is 2.91. The third kappa shape index (κ3) is 2.25. The number of nitrogens with zero attached hydrogens (tertiary/aromatic N) is 3. The van der Waals surface area contributed by atoms with Crippen LogP contribution in [0, 0.1) is 11.8 Å². The Balaban J connectivity index is 1.65. The number of pyridine rings is 1. The van der Waals surface area contributed by atoms with E-state index < -0.39 is 18.0 Å². The third-order valence-electron chi connectivity index (χ3n) is 5.60. The molecule has 4 heterocycles. The number of hydrogen-bond donors (Lipinski definition) is 2. The predicted octanol–water partition coefficient (Wildman–Crippen LogP) is 0.104. The standard InChI is InChI=1S/C18H19N3O5/c1-9(22)13-14-11-4-7-20(16(23)10-2-5-19-6-3-10)8-12(11)15(18(25)26)21(14)17(13)24/h2-3,5-6,9,11,13-14,22H,4,7-8H2,1H3,(H,25,26)/t9-,11+,13-,14-/m1/s1. The van der Waals surface area contributed by atoms with E-state index in [1.54, 1.807) is 24.0 Å². The van der Waals surface area contributed by atoms with E-state index in [9.17, 15) is 24.6 Å². The number of carboxylic acid groups (broad SMARTS) is 1. The van der Waals surface area contributed by atoms with Crippen LogP contribution in [0.1, 0.15) is 23.7 Å². The Morgan fingerprint density at radius 2 is 2.00 bits per heavy atom. The molecule has 0 spiro atoms. The van der Waals surface area contributed by atoms with E-state index in [1.165, 1.54) is 17.3 Å². The molecular formula is C18H19N3O5. The van der Waals surface area contributed by atoms with E-state index in [2.05, 4.69) is 4.98 Å². The van der Waals surface area contributed by atoms with E-state index in [-0.39, 0.29) is 36.0 Å². The number of rotatable bonds is 3. The third-order valence-corrected chi connectivity index (χ3v) is 5.60. The van der Waals surface area contributed by atoms with Gasteiger partial charge in [-0.3, -0.25) is 14.6 Å². The SMILES string of the molecule is C[C@@H](O)[C@H]1C(=O)N2C(C(=O)O)=C3CN(C(=O)c4ccncc4)CC[C@@H]3[C@H]12. The maximum atomic E-state index is 12.7. The van der Waals surface area contributed by atoms with Crippen molar-refractivity contribution in [2.45, 2.75) is 25.5 Å². The van der Waals surface area contributed by atoms with E-state index in [4.69, 9.17) is 0 Å². The Labute approximate surface area is 149 Å². The van der Waals surface area contributed by atoms with Gasteiger partial charge in [-0.25, -0.2) is 4.79 Å². The van der Waals surface area contributed by atoms with Gasteiger partial charge < -0.3 is 20.0 Å². The number of likely N-dealkylation sites (tertiary alicyclic amines) is 1. The molecule has 4 atom stereocenters. The first-order valence-corrected chi connectivity index (χ1v) is 8.58. The normalized spacial score (nSPS) is 28.4. The van der Waals surface area contributed by atoms with E-state index in [0.29, 0.717) is 24.1 Å². The van der Waals surface area contributed by atoms with Gasteiger partial charge in [0.1, 0.15) is 5.70 Å². The fourth-order valence-electron chi connectivity index (χ4n) is 4.46. The summed E-state index contributed by atoms with van der Waals surface area (Å²) in [5.74, 6) is -2.40. The summed E-state index contributed by atoms with van der Waals surface area (Å²) in [6.07, 6.45) is 2.82. The van der Waals surface area contributed by atoms with Gasteiger partial charge >= 0.3 is 5.97 Å². The number of aliphatic hydroxyl groups excluding tert-OH is 1. The van der Waals surface area contributed by atoms with Gasteiger partial charge in [0.05, 0.1) is 18.1 Å². The van der Waals surface area contributed by atoms with Crippen LogP contribution in [0.4, 0.5) is 0 Å². The first kappa shape index (κ1) is 16.7. The van der Waals surface area contributed by atoms with Gasteiger partial charge in [-0.05, 0) is 31.1 Å². The van der Waals surface area contributed by atoms with Gasteiger partial charge in [-0.1, -0.05) is 0 Å². The minimum Gasteiger partial charge on any atom is -0.477 e. The number of amides is 2. The number of piperidine rings is 1. The van der Waals surface area contributed by atoms with Crippen LogP contribution in [-0.4, -0.2) is 68.0 Å². The van der Waals surface area contributed by atoms with E-state index in [1.807, 2.05) is 0 Å². The van der Waals surface area contributed by atoms with Gasteiger partial charge in [0.15, 0.2) is 0 Å².